The maximum Gasteiger partial charge on any atom is 0.302 e. The molecule has 2 bridgehead atoms. The Kier molecular flexibility index (Phi) is 7.07. The highest BCUT2D eigenvalue weighted by Gasteiger charge is 2.69. The average molecular weight is 577 g/mol. The van der Waals surface area contributed by atoms with Gasteiger partial charge < -0.3 is 24.8 Å². The first-order valence-corrected chi connectivity index (χ1v) is 15.7. The van der Waals surface area contributed by atoms with Crippen molar-refractivity contribution < 1.29 is 24.2 Å². The second kappa shape index (κ2) is 10.0. The summed E-state index contributed by atoms with van der Waals surface area (Å²) in [5.74, 6) is -0.185. The van der Waals surface area contributed by atoms with E-state index in [1.165, 1.54) is 12.5 Å². The van der Waals surface area contributed by atoms with Crippen LogP contribution in [0.2, 0.25) is 0 Å². The second-order valence-corrected chi connectivity index (χ2v) is 14.8. The van der Waals surface area contributed by atoms with Gasteiger partial charge in [-0.1, -0.05) is 62.8 Å². The zero-order chi connectivity index (χ0) is 30.2. The highest BCUT2D eigenvalue weighted by Crippen LogP contribution is 2.70. The molecule has 3 fully saturated rings. The van der Waals surface area contributed by atoms with Gasteiger partial charge in [0.1, 0.15) is 6.10 Å². The van der Waals surface area contributed by atoms with Gasteiger partial charge in [-0.05, 0) is 69.2 Å². The van der Waals surface area contributed by atoms with Gasteiger partial charge in [0, 0.05) is 42.2 Å². The first-order chi connectivity index (χ1) is 19.8. The SMILES string of the molecule is CC(=O)OC1CC2(C)C3CC(O)C4C5(C=CC(NC(=O)c6ccccc6)C4(C)CO5)CC3=CCC2(C)C1C(C)N(C)C. The van der Waals surface area contributed by atoms with Gasteiger partial charge in [0.25, 0.3) is 5.91 Å². The van der Waals surface area contributed by atoms with E-state index in [-0.39, 0.29) is 58.6 Å². The molecule has 1 aromatic rings. The predicted molar refractivity (Wildman–Crippen MR) is 162 cm³/mol. The molecule has 5 aliphatic rings. The van der Waals surface area contributed by atoms with Crippen molar-refractivity contribution in [3.05, 3.63) is 59.7 Å². The van der Waals surface area contributed by atoms with Crippen LogP contribution in [-0.2, 0) is 14.3 Å². The fourth-order valence-corrected chi connectivity index (χ4v) is 10.1. The van der Waals surface area contributed by atoms with Crippen LogP contribution in [0, 0.1) is 34.0 Å². The summed E-state index contributed by atoms with van der Waals surface area (Å²) in [6, 6.07) is 9.27. The normalized spacial score (nSPS) is 44.4. The Labute approximate surface area is 250 Å². The monoisotopic (exact) mass is 576 g/mol. The highest BCUT2D eigenvalue weighted by atomic mass is 16.5. The summed E-state index contributed by atoms with van der Waals surface area (Å²) >= 11 is 0. The topological polar surface area (TPSA) is 88.1 Å². The molecule has 42 heavy (non-hydrogen) atoms. The van der Waals surface area contributed by atoms with E-state index in [1.54, 1.807) is 0 Å². The zero-order valence-corrected chi connectivity index (χ0v) is 26.2. The zero-order valence-electron chi connectivity index (χ0n) is 26.2. The Morgan fingerprint density at radius 1 is 1.14 bits per heavy atom. The number of amides is 1. The largest absolute Gasteiger partial charge is 0.462 e. The van der Waals surface area contributed by atoms with Crippen LogP contribution in [0.4, 0.5) is 0 Å². The van der Waals surface area contributed by atoms with E-state index in [4.69, 9.17) is 9.47 Å². The number of hydrogen-bond donors (Lipinski definition) is 2. The van der Waals surface area contributed by atoms with E-state index in [0.717, 1.165) is 19.3 Å². The molecule has 7 heteroatoms. The summed E-state index contributed by atoms with van der Waals surface area (Å²) in [4.78, 5) is 27.7. The predicted octanol–water partition coefficient (Wildman–Crippen LogP) is 4.76. The number of carbonyl (C=O) groups is 2. The molecule has 4 aliphatic carbocycles. The molecule has 1 aliphatic heterocycles. The second-order valence-electron chi connectivity index (χ2n) is 14.8. The van der Waals surface area contributed by atoms with Crippen molar-refractivity contribution >= 4 is 11.9 Å². The minimum atomic E-state index is -0.605. The van der Waals surface area contributed by atoms with Crippen LogP contribution in [0.25, 0.3) is 0 Å². The van der Waals surface area contributed by atoms with Crippen molar-refractivity contribution in [2.24, 2.45) is 34.0 Å². The number of nitrogens with zero attached hydrogens (tertiary/aromatic N) is 1. The number of aliphatic hydroxyl groups excluding tert-OH is 1. The average Bonchev–Trinajstić information content (AvgIpc) is 3.23. The van der Waals surface area contributed by atoms with Crippen LogP contribution < -0.4 is 5.32 Å². The van der Waals surface area contributed by atoms with Crippen LogP contribution in [0.1, 0.15) is 70.7 Å². The maximum absolute atomic E-state index is 13.2. The van der Waals surface area contributed by atoms with Crippen molar-refractivity contribution in [2.75, 3.05) is 20.7 Å². The summed E-state index contributed by atoms with van der Waals surface area (Å²) in [5, 5.41) is 15.4. The first kappa shape index (κ1) is 29.6. The van der Waals surface area contributed by atoms with Gasteiger partial charge in [-0.2, -0.15) is 0 Å². The van der Waals surface area contributed by atoms with Crippen molar-refractivity contribution in [1.82, 2.24) is 10.2 Å². The Balaban J connectivity index is 1.34. The molecule has 6 rings (SSSR count). The standard InChI is InChI=1S/C35H48N2O5/c1-21(37(6)7)29-27(42-22(2)38)19-34(5)25-17-26(39)30-32(3)20-41-35(30,18-24(25)13-15-33(29,34)4)16-14-28(32)36-31(40)23-11-9-8-10-12-23/h8-14,16,21,25-30,39H,15,17-20H2,1-7H3,(H,36,40). The number of carbonyl (C=O) groups excluding carboxylic acids is 2. The van der Waals surface area contributed by atoms with E-state index in [1.807, 2.05) is 30.3 Å². The third kappa shape index (κ3) is 4.17. The van der Waals surface area contributed by atoms with Crippen LogP contribution in [0.15, 0.2) is 54.1 Å². The number of nitrogens with one attached hydrogen (secondary N) is 1. The number of allylic oxidation sites excluding steroid dienone is 1. The minimum absolute atomic E-state index is 0.107. The molecule has 1 aromatic carbocycles. The number of aliphatic hydroxyl groups is 1. The van der Waals surface area contributed by atoms with E-state index in [0.29, 0.717) is 18.6 Å². The molecule has 1 amide bonds. The summed E-state index contributed by atoms with van der Waals surface area (Å²) in [5.41, 5.74) is 0.662. The van der Waals surface area contributed by atoms with Crippen LogP contribution in [-0.4, -0.2) is 72.5 Å². The Morgan fingerprint density at radius 3 is 2.52 bits per heavy atom. The third-order valence-electron chi connectivity index (χ3n) is 12.6. The molecule has 11 atom stereocenters. The number of fused-ring (bicyclic) bond motifs is 3. The lowest BCUT2D eigenvalue weighted by Gasteiger charge is -2.54. The van der Waals surface area contributed by atoms with E-state index < -0.39 is 17.1 Å². The molecular weight excluding hydrogens is 528 g/mol. The minimum Gasteiger partial charge on any atom is -0.462 e. The fourth-order valence-electron chi connectivity index (χ4n) is 10.1. The van der Waals surface area contributed by atoms with Gasteiger partial charge in [0.05, 0.1) is 24.4 Å². The molecule has 7 nitrogen and oxygen atoms in total. The van der Waals surface area contributed by atoms with E-state index >= 15 is 0 Å². The first-order valence-electron chi connectivity index (χ1n) is 15.7. The number of benzene rings is 1. The molecule has 0 aromatic heterocycles. The fraction of sp³-hybridized carbons (Fsp3) is 0.657. The summed E-state index contributed by atoms with van der Waals surface area (Å²) in [6.07, 6.45) is 8.95. The third-order valence-corrected chi connectivity index (χ3v) is 12.6. The van der Waals surface area contributed by atoms with Gasteiger partial charge in [-0.3, -0.25) is 9.59 Å². The van der Waals surface area contributed by atoms with Gasteiger partial charge in [-0.25, -0.2) is 0 Å². The smallest absolute Gasteiger partial charge is 0.302 e. The molecule has 228 valence electrons. The molecule has 0 spiro atoms. The number of hydrogen-bond acceptors (Lipinski definition) is 6. The quantitative estimate of drug-likeness (QED) is 0.388. The van der Waals surface area contributed by atoms with Crippen molar-refractivity contribution in [3.8, 4) is 0 Å². The molecule has 0 radical (unpaired) electrons. The van der Waals surface area contributed by atoms with Gasteiger partial charge in [0.15, 0.2) is 0 Å². The Morgan fingerprint density at radius 2 is 1.86 bits per heavy atom. The number of rotatable bonds is 5. The molecule has 2 saturated carbocycles. The molecule has 11 unspecified atom stereocenters. The van der Waals surface area contributed by atoms with E-state index in [9.17, 15) is 14.7 Å². The van der Waals surface area contributed by atoms with Gasteiger partial charge >= 0.3 is 5.97 Å². The summed E-state index contributed by atoms with van der Waals surface area (Å²) in [7, 11) is 4.21. The van der Waals surface area contributed by atoms with Crippen LogP contribution in [0.5, 0.6) is 0 Å². The maximum atomic E-state index is 13.2. The van der Waals surface area contributed by atoms with Crippen molar-refractivity contribution in [1.29, 1.82) is 0 Å². The van der Waals surface area contributed by atoms with Crippen molar-refractivity contribution in [2.45, 2.75) is 90.2 Å². The summed E-state index contributed by atoms with van der Waals surface area (Å²) in [6.45, 7) is 11.2. The Hall–Kier alpha value is -2.48. The van der Waals surface area contributed by atoms with Gasteiger partial charge in [0.2, 0.25) is 0 Å². The van der Waals surface area contributed by atoms with Crippen LogP contribution in [0.3, 0.4) is 0 Å². The molecule has 1 saturated heterocycles. The summed E-state index contributed by atoms with van der Waals surface area (Å²) < 4.78 is 12.8. The number of esters is 1. The molecule has 2 N–H and O–H groups in total. The lowest BCUT2D eigenvalue weighted by molar-refractivity contribution is -0.150. The lowest BCUT2D eigenvalue weighted by Crippen LogP contribution is -2.57. The molecule has 1 heterocycles. The van der Waals surface area contributed by atoms with E-state index in [2.05, 4.69) is 70.2 Å². The van der Waals surface area contributed by atoms with Crippen LogP contribution >= 0.6 is 0 Å². The Bertz CT molecular complexity index is 1310. The van der Waals surface area contributed by atoms with Gasteiger partial charge in [-0.15, -0.1) is 0 Å². The lowest BCUT2D eigenvalue weighted by atomic mass is 9.51. The molecular formula is C35H48N2O5. The highest BCUT2D eigenvalue weighted by molar-refractivity contribution is 5.94. The van der Waals surface area contributed by atoms with Crippen molar-refractivity contribution in [3.63, 3.8) is 0 Å². The number of ether oxygens (including phenoxy) is 2.